The number of hydrogen-bond acceptors (Lipinski definition) is 9. The minimum atomic E-state index is -2.61. The number of ether oxygens (including phenoxy) is 1. The molecule has 3 aliphatic heterocycles. The van der Waals surface area contributed by atoms with Gasteiger partial charge in [-0.3, -0.25) is 26.6 Å². The normalized spacial score (nSPS) is 31.1. The van der Waals surface area contributed by atoms with Gasteiger partial charge in [0.2, 0.25) is 0 Å². The molecule has 0 aliphatic carbocycles. The van der Waals surface area contributed by atoms with Crippen LogP contribution in [0.2, 0.25) is 0 Å². The molecule has 4 atom stereocenters. The van der Waals surface area contributed by atoms with Crippen LogP contribution in [0.1, 0.15) is 23.2 Å². The molecule has 3 aliphatic rings. The van der Waals surface area contributed by atoms with E-state index < -0.39 is 41.6 Å². The molecule has 10 N–H and O–H groups in total. The zero-order valence-electron chi connectivity index (χ0n) is 15.9. The summed E-state index contributed by atoms with van der Waals surface area (Å²) in [4.78, 5) is 26.5. The fraction of sp³-hybridized carbons (Fsp3) is 0.444. The van der Waals surface area contributed by atoms with Gasteiger partial charge in [-0.15, -0.1) is 0 Å². The van der Waals surface area contributed by atoms with E-state index in [1.807, 2.05) is 0 Å². The molecule has 1 spiro atoms. The van der Waals surface area contributed by atoms with Gasteiger partial charge >= 0.3 is 29.5 Å². The van der Waals surface area contributed by atoms with Crippen LogP contribution in [0.5, 0.6) is 0 Å². The van der Waals surface area contributed by atoms with Crippen LogP contribution in [0.25, 0.3) is 0 Å². The molecular formula is C18H24N6O6+2. The highest BCUT2D eigenvalue weighted by Gasteiger charge is 2.78. The van der Waals surface area contributed by atoms with E-state index in [0.717, 1.165) is 0 Å². The molecule has 1 aromatic rings. The first-order chi connectivity index (χ1) is 14.2. The molecule has 30 heavy (non-hydrogen) atoms. The summed E-state index contributed by atoms with van der Waals surface area (Å²) in [5.74, 6) is -4.20. The fourth-order valence-electron chi connectivity index (χ4n) is 4.47. The summed E-state index contributed by atoms with van der Waals surface area (Å²) in [6, 6.07) is 6.79. The Bertz CT molecular complexity index is 948. The van der Waals surface area contributed by atoms with Crippen molar-refractivity contribution < 1.29 is 39.2 Å². The second-order valence-electron chi connectivity index (χ2n) is 7.59. The van der Waals surface area contributed by atoms with E-state index in [-0.39, 0.29) is 36.9 Å². The number of nitrogens with zero attached hydrogens (tertiary/aromatic N) is 1. The number of rotatable bonds is 5. The molecule has 12 nitrogen and oxygen atoms in total. The molecule has 1 fully saturated rings. The lowest BCUT2D eigenvalue weighted by molar-refractivity contribution is -0.674. The van der Waals surface area contributed by atoms with Crippen LogP contribution in [0.4, 0.5) is 0 Å². The van der Waals surface area contributed by atoms with Crippen LogP contribution in [0.3, 0.4) is 0 Å². The maximum Gasteiger partial charge on any atom is 0.347 e. The van der Waals surface area contributed by atoms with Crippen molar-refractivity contribution in [2.24, 2.45) is 11.5 Å². The maximum atomic E-state index is 12.5. The SMILES string of the molecule is NC1=[NH+][C@H]2C(CCC(=O)O)NC(N)=[N+]3C[C@H](OC(=O)c4ccccc4)C(O)(O)[C@]23N1. The smallest absolute Gasteiger partial charge is 0.347 e. The fourth-order valence-corrected chi connectivity index (χ4v) is 4.47. The highest BCUT2D eigenvalue weighted by molar-refractivity contribution is 5.89. The van der Waals surface area contributed by atoms with Crippen molar-refractivity contribution in [3.05, 3.63) is 35.9 Å². The zero-order valence-corrected chi connectivity index (χ0v) is 15.9. The van der Waals surface area contributed by atoms with E-state index in [0.29, 0.717) is 0 Å². The van der Waals surface area contributed by atoms with E-state index in [4.69, 9.17) is 21.3 Å². The lowest BCUT2D eigenvalue weighted by Crippen LogP contribution is -2.91. The summed E-state index contributed by atoms with van der Waals surface area (Å²) in [6.45, 7) is -0.130. The lowest BCUT2D eigenvalue weighted by atomic mass is 9.84. The number of nitrogens with one attached hydrogen (secondary N) is 3. The Kier molecular flexibility index (Phi) is 4.55. The Labute approximate surface area is 170 Å². The van der Waals surface area contributed by atoms with Crippen LogP contribution in [-0.2, 0) is 9.53 Å². The van der Waals surface area contributed by atoms with Crippen molar-refractivity contribution in [3.63, 3.8) is 0 Å². The van der Waals surface area contributed by atoms with Crippen molar-refractivity contribution >= 4 is 23.9 Å². The largest absolute Gasteiger partial charge is 0.481 e. The highest BCUT2D eigenvalue weighted by atomic mass is 16.6. The molecule has 0 aromatic heterocycles. The van der Waals surface area contributed by atoms with Gasteiger partial charge in [0.1, 0.15) is 12.6 Å². The van der Waals surface area contributed by atoms with Gasteiger partial charge in [0, 0.05) is 6.42 Å². The molecule has 0 bridgehead atoms. The van der Waals surface area contributed by atoms with Gasteiger partial charge in [-0.25, -0.2) is 14.7 Å². The predicted molar refractivity (Wildman–Crippen MR) is 101 cm³/mol. The Morgan fingerprint density at radius 3 is 2.63 bits per heavy atom. The third-order valence-corrected chi connectivity index (χ3v) is 5.82. The van der Waals surface area contributed by atoms with Crippen molar-refractivity contribution in [3.8, 4) is 0 Å². The van der Waals surface area contributed by atoms with Crippen LogP contribution in [0.15, 0.2) is 30.3 Å². The average Bonchev–Trinajstić information content (AvgIpc) is 3.16. The summed E-state index contributed by atoms with van der Waals surface area (Å²) < 4.78 is 6.87. The second kappa shape index (κ2) is 6.85. The van der Waals surface area contributed by atoms with Crippen molar-refractivity contribution in [2.45, 2.75) is 42.5 Å². The number of benzene rings is 1. The van der Waals surface area contributed by atoms with Gasteiger partial charge in [-0.2, -0.15) is 0 Å². The van der Waals surface area contributed by atoms with E-state index in [9.17, 15) is 19.8 Å². The second-order valence-corrected chi connectivity index (χ2v) is 7.59. The topological polar surface area (TPSA) is 197 Å². The molecule has 4 rings (SSSR count). The standard InChI is InChI=1S/C18H22N6O6/c19-15-22-13-10(6-7-12(25)26)21-16(20)24-8-11(18(28,29)17(13,24)23-15)30-14(27)9-4-2-1-3-5-9/h1-5,10-11,13,28-29H,6-8H2,(H6,19,20,21,22,23,25,26)/p+2/t10?,11-,13-,17-/m0/s1. The summed E-state index contributed by atoms with van der Waals surface area (Å²) >= 11 is 0. The van der Waals surface area contributed by atoms with Crippen LogP contribution >= 0.6 is 0 Å². The van der Waals surface area contributed by atoms with E-state index in [1.165, 1.54) is 4.58 Å². The average molecular weight is 420 g/mol. The van der Waals surface area contributed by atoms with Gasteiger partial charge in [-0.05, 0) is 18.6 Å². The summed E-state index contributed by atoms with van der Waals surface area (Å²) in [7, 11) is 0. The van der Waals surface area contributed by atoms with Gasteiger partial charge in [0.25, 0.3) is 5.79 Å². The number of aliphatic hydroxyl groups is 2. The Morgan fingerprint density at radius 2 is 1.97 bits per heavy atom. The molecule has 1 aromatic carbocycles. The van der Waals surface area contributed by atoms with E-state index in [1.54, 1.807) is 30.3 Å². The first-order valence-corrected chi connectivity index (χ1v) is 9.43. The Balaban J connectivity index is 1.68. The summed E-state index contributed by atoms with van der Waals surface area (Å²) in [5, 5.41) is 37.3. The number of carbonyl (C=O) groups is 2. The monoisotopic (exact) mass is 420 g/mol. The number of nitrogens with two attached hydrogens (primary N) is 2. The molecule has 1 unspecified atom stereocenters. The lowest BCUT2D eigenvalue weighted by Gasteiger charge is -2.40. The van der Waals surface area contributed by atoms with Crippen LogP contribution in [0, 0.1) is 0 Å². The Morgan fingerprint density at radius 1 is 1.27 bits per heavy atom. The van der Waals surface area contributed by atoms with Gasteiger partial charge < -0.3 is 20.1 Å². The number of aliphatic carboxylic acids is 1. The summed E-state index contributed by atoms with van der Waals surface area (Å²) in [6.07, 6.45) is -1.40. The molecular weight excluding hydrogens is 396 g/mol. The molecule has 3 heterocycles. The van der Waals surface area contributed by atoms with Crippen molar-refractivity contribution in [1.29, 1.82) is 0 Å². The quantitative estimate of drug-likeness (QED) is 0.130. The molecule has 0 radical (unpaired) electrons. The third-order valence-electron chi connectivity index (χ3n) is 5.82. The molecule has 160 valence electrons. The number of hydrogen-bond donors (Lipinski definition) is 8. The molecule has 12 heteroatoms. The minimum absolute atomic E-state index is 0.0596. The first kappa shape index (κ1) is 19.9. The van der Waals surface area contributed by atoms with Gasteiger partial charge in [0.05, 0.1) is 5.56 Å². The number of carbonyl (C=O) groups excluding carboxylic acids is 1. The number of carboxylic acids is 1. The molecule has 0 amide bonds. The number of esters is 1. The third kappa shape index (κ3) is 2.83. The highest BCUT2D eigenvalue weighted by Crippen LogP contribution is 2.39. The number of carboxylic acid groups (broad SMARTS) is 1. The van der Waals surface area contributed by atoms with Crippen molar-refractivity contribution in [2.75, 3.05) is 6.54 Å². The maximum absolute atomic E-state index is 12.5. The first-order valence-electron chi connectivity index (χ1n) is 9.43. The van der Waals surface area contributed by atoms with Crippen LogP contribution < -0.4 is 27.1 Å². The van der Waals surface area contributed by atoms with E-state index in [2.05, 4.69) is 15.6 Å². The number of guanidine groups is 2. The van der Waals surface area contributed by atoms with E-state index >= 15 is 0 Å². The zero-order chi connectivity index (χ0) is 21.7. The van der Waals surface area contributed by atoms with Gasteiger partial charge in [0.15, 0.2) is 12.1 Å². The van der Waals surface area contributed by atoms with Crippen LogP contribution in [-0.4, -0.2) is 79.9 Å². The molecule has 0 saturated carbocycles. The predicted octanol–water partition coefficient (Wildman–Crippen LogP) is -4.87. The minimum Gasteiger partial charge on any atom is -0.481 e. The Hall–Kier alpha value is -3.38. The summed E-state index contributed by atoms with van der Waals surface area (Å²) in [5.41, 5.74) is 10.6. The van der Waals surface area contributed by atoms with Gasteiger partial charge in [-0.1, -0.05) is 18.2 Å². The van der Waals surface area contributed by atoms with Crippen molar-refractivity contribution in [1.82, 2.24) is 10.6 Å². The molecule has 1 saturated heterocycles.